The second-order valence-electron chi connectivity index (χ2n) is 4.61. The Morgan fingerprint density at radius 3 is 2.74 bits per heavy atom. The van der Waals surface area contributed by atoms with Crippen molar-refractivity contribution in [2.45, 2.75) is 49.9 Å². The highest BCUT2D eigenvalue weighted by Gasteiger charge is 2.27. The van der Waals surface area contributed by atoms with E-state index in [2.05, 4.69) is 17.6 Å². The van der Waals surface area contributed by atoms with Crippen molar-refractivity contribution in [3.63, 3.8) is 0 Å². The smallest absolute Gasteiger partial charge is 0.326 e. The number of urea groups is 1. The molecule has 3 atom stereocenters. The van der Waals surface area contributed by atoms with Crippen molar-refractivity contribution in [3.05, 3.63) is 0 Å². The Hall–Kier alpha value is -0.950. The Labute approximate surface area is 117 Å². The van der Waals surface area contributed by atoms with Crippen molar-refractivity contribution in [2.24, 2.45) is 0 Å². The summed E-state index contributed by atoms with van der Waals surface area (Å²) in [7, 11) is 0. The molecule has 0 radical (unpaired) electrons. The van der Waals surface area contributed by atoms with Gasteiger partial charge in [0.2, 0.25) is 0 Å². The average Bonchev–Trinajstić information content (AvgIpc) is 2.76. The van der Waals surface area contributed by atoms with Gasteiger partial charge in [0.25, 0.3) is 0 Å². The van der Waals surface area contributed by atoms with Crippen LogP contribution in [0.3, 0.4) is 0 Å². The Morgan fingerprint density at radius 2 is 2.16 bits per heavy atom. The Balaban J connectivity index is 2.32. The van der Waals surface area contributed by atoms with E-state index in [1.807, 2.05) is 11.8 Å². The first-order chi connectivity index (χ1) is 9.06. The molecule has 1 rings (SSSR count). The summed E-state index contributed by atoms with van der Waals surface area (Å²) in [5, 5.41) is 23.4. The van der Waals surface area contributed by atoms with E-state index < -0.39 is 18.0 Å². The number of carbonyl (C=O) groups is 2. The largest absolute Gasteiger partial charge is 0.480 e. The summed E-state index contributed by atoms with van der Waals surface area (Å²) in [6, 6.07) is -1.38. The summed E-state index contributed by atoms with van der Waals surface area (Å²) in [4.78, 5) is 22.5. The molecule has 4 N–H and O–H groups in total. The highest BCUT2D eigenvalue weighted by Crippen LogP contribution is 2.29. The number of thioether (sulfide) groups is 1. The number of hydrogen-bond donors (Lipinski definition) is 4. The predicted molar refractivity (Wildman–Crippen MR) is 74.4 cm³/mol. The van der Waals surface area contributed by atoms with Gasteiger partial charge in [-0.2, -0.15) is 11.8 Å². The average molecular weight is 290 g/mol. The van der Waals surface area contributed by atoms with Crippen LogP contribution in [0.1, 0.15) is 32.6 Å². The SMILES string of the molecule is CCSC1CCC(NC(=O)N[C@H](CCO)C(=O)O)C1. The quantitative estimate of drug-likeness (QED) is 0.556. The molecule has 0 aromatic heterocycles. The first kappa shape index (κ1) is 16.1. The molecule has 19 heavy (non-hydrogen) atoms. The molecule has 0 spiro atoms. The highest BCUT2D eigenvalue weighted by atomic mass is 32.2. The molecule has 2 unspecified atom stereocenters. The van der Waals surface area contributed by atoms with Crippen molar-refractivity contribution < 1.29 is 19.8 Å². The number of carboxylic acids is 1. The lowest BCUT2D eigenvalue weighted by molar-refractivity contribution is -0.139. The minimum absolute atomic E-state index is 0.0156. The van der Waals surface area contributed by atoms with Gasteiger partial charge in [-0.1, -0.05) is 6.92 Å². The van der Waals surface area contributed by atoms with Gasteiger partial charge < -0.3 is 20.8 Å². The van der Waals surface area contributed by atoms with Crippen molar-refractivity contribution in [3.8, 4) is 0 Å². The third-order valence-electron chi connectivity index (χ3n) is 3.14. The number of nitrogens with one attached hydrogen (secondary N) is 2. The van der Waals surface area contributed by atoms with Gasteiger partial charge in [0.15, 0.2) is 0 Å². The summed E-state index contributed by atoms with van der Waals surface area (Å²) in [5.74, 6) is -0.0590. The maximum Gasteiger partial charge on any atom is 0.326 e. The zero-order valence-corrected chi connectivity index (χ0v) is 11.9. The van der Waals surface area contributed by atoms with Crippen LogP contribution in [0.2, 0.25) is 0 Å². The molecule has 0 aromatic carbocycles. The Morgan fingerprint density at radius 1 is 1.42 bits per heavy atom. The summed E-state index contributed by atoms with van der Waals surface area (Å²) in [6.45, 7) is 1.85. The minimum Gasteiger partial charge on any atom is -0.480 e. The van der Waals surface area contributed by atoms with Gasteiger partial charge in [-0.15, -0.1) is 0 Å². The number of carboxylic acid groups (broad SMARTS) is 1. The molecule has 0 saturated heterocycles. The third-order valence-corrected chi connectivity index (χ3v) is 4.38. The number of aliphatic carboxylic acids is 1. The Kier molecular flexibility index (Phi) is 7.01. The fraction of sp³-hybridized carbons (Fsp3) is 0.833. The summed E-state index contributed by atoms with van der Waals surface area (Å²) >= 11 is 1.90. The van der Waals surface area contributed by atoms with Crippen molar-refractivity contribution >= 4 is 23.8 Å². The van der Waals surface area contributed by atoms with Crippen LogP contribution < -0.4 is 10.6 Å². The van der Waals surface area contributed by atoms with Crippen LogP contribution in [-0.2, 0) is 4.79 Å². The maximum atomic E-state index is 11.7. The lowest BCUT2D eigenvalue weighted by Crippen LogP contribution is -2.48. The topological polar surface area (TPSA) is 98.7 Å². The number of carbonyl (C=O) groups excluding carboxylic acids is 1. The van der Waals surface area contributed by atoms with Crippen LogP contribution in [0.4, 0.5) is 4.79 Å². The number of rotatable bonds is 7. The number of hydrogen-bond acceptors (Lipinski definition) is 4. The van der Waals surface area contributed by atoms with Gasteiger partial charge in [-0.05, 0) is 25.0 Å². The zero-order valence-electron chi connectivity index (χ0n) is 11.1. The van der Waals surface area contributed by atoms with Gasteiger partial charge in [0.05, 0.1) is 0 Å². The van der Waals surface area contributed by atoms with E-state index in [9.17, 15) is 9.59 Å². The van der Waals surface area contributed by atoms with Gasteiger partial charge in [-0.25, -0.2) is 9.59 Å². The summed E-state index contributed by atoms with van der Waals surface area (Å²) < 4.78 is 0. The van der Waals surface area contributed by atoms with Crippen molar-refractivity contribution in [2.75, 3.05) is 12.4 Å². The molecular formula is C12H22N2O4S. The van der Waals surface area contributed by atoms with Crippen LogP contribution >= 0.6 is 11.8 Å². The molecule has 0 bridgehead atoms. The predicted octanol–water partition coefficient (Wildman–Crippen LogP) is 0.795. The normalized spacial score (nSPS) is 23.9. The lowest BCUT2D eigenvalue weighted by Gasteiger charge is -2.17. The fourth-order valence-electron chi connectivity index (χ4n) is 2.23. The van der Waals surface area contributed by atoms with E-state index in [4.69, 9.17) is 10.2 Å². The molecule has 2 amide bonds. The van der Waals surface area contributed by atoms with E-state index in [1.165, 1.54) is 0 Å². The molecule has 1 saturated carbocycles. The highest BCUT2D eigenvalue weighted by molar-refractivity contribution is 7.99. The van der Waals surface area contributed by atoms with Gasteiger partial charge in [0, 0.05) is 24.3 Å². The van der Waals surface area contributed by atoms with E-state index in [0.29, 0.717) is 5.25 Å². The van der Waals surface area contributed by atoms with Crippen LogP contribution in [-0.4, -0.2) is 51.9 Å². The second-order valence-corrected chi connectivity index (χ2v) is 6.19. The summed E-state index contributed by atoms with van der Waals surface area (Å²) in [5.41, 5.74) is 0. The Bertz CT molecular complexity index is 314. The van der Waals surface area contributed by atoms with E-state index in [-0.39, 0.29) is 19.1 Å². The zero-order chi connectivity index (χ0) is 14.3. The second kappa shape index (κ2) is 8.27. The standard InChI is InChI=1S/C12H22N2O4S/c1-2-19-9-4-3-8(7-9)13-12(18)14-10(5-6-15)11(16)17/h8-10,15H,2-7H2,1H3,(H,16,17)(H2,13,14,18)/t8?,9?,10-/m1/s1. The molecule has 0 heterocycles. The molecule has 1 aliphatic carbocycles. The van der Waals surface area contributed by atoms with E-state index in [1.54, 1.807) is 0 Å². The molecule has 110 valence electrons. The first-order valence-corrected chi connectivity index (χ1v) is 7.64. The summed E-state index contributed by atoms with van der Waals surface area (Å²) in [6.07, 6.45) is 2.97. The number of aliphatic hydroxyl groups is 1. The van der Waals surface area contributed by atoms with Crippen LogP contribution in [0.25, 0.3) is 0 Å². The van der Waals surface area contributed by atoms with Gasteiger partial charge in [0.1, 0.15) is 6.04 Å². The maximum absolute atomic E-state index is 11.7. The van der Waals surface area contributed by atoms with Crippen LogP contribution in [0.5, 0.6) is 0 Å². The monoisotopic (exact) mass is 290 g/mol. The van der Waals surface area contributed by atoms with Gasteiger partial charge in [-0.3, -0.25) is 0 Å². The van der Waals surface area contributed by atoms with Crippen molar-refractivity contribution in [1.82, 2.24) is 10.6 Å². The molecule has 0 aromatic rings. The lowest BCUT2D eigenvalue weighted by atomic mass is 10.2. The van der Waals surface area contributed by atoms with Crippen LogP contribution in [0.15, 0.2) is 0 Å². The van der Waals surface area contributed by atoms with E-state index in [0.717, 1.165) is 25.0 Å². The molecule has 1 fully saturated rings. The first-order valence-electron chi connectivity index (χ1n) is 6.59. The van der Waals surface area contributed by atoms with Crippen LogP contribution in [0, 0.1) is 0 Å². The molecule has 0 aliphatic heterocycles. The molecule has 1 aliphatic rings. The molecular weight excluding hydrogens is 268 g/mol. The van der Waals surface area contributed by atoms with Gasteiger partial charge >= 0.3 is 12.0 Å². The fourth-order valence-corrected chi connectivity index (χ4v) is 3.37. The van der Waals surface area contributed by atoms with Crippen molar-refractivity contribution in [1.29, 1.82) is 0 Å². The minimum atomic E-state index is -1.13. The third kappa shape index (κ3) is 5.69. The molecule has 6 nitrogen and oxygen atoms in total. The molecule has 7 heteroatoms. The number of amides is 2. The van der Waals surface area contributed by atoms with E-state index >= 15 is 0 Å². The number of aliphatic hydroxyl groups excluding tert-OH is 1.